The number of sulfonamides is 1. The van der Waals surface area contributed by atoms with Crippen LogP contribution in [0.15, 0.2) is 28.5 Å². The molecule has 2 heterocycles. The van der Waals surface area contributed by atoms with Gasteiger partial charge in [-0.2, -0.15) is 0 Å². The van der Waals surface area contributed by atoms with E-state index >= 15 is 0 Å². The van der Waals surface area contributed by atoms with Crippen LogP contribution < -0.4 is 4.31 Å². The minimum Gasteiger partial charge on any atom is -0.487 e. The minimum atomic E-state index is -3.48. The summed E-state index contributed by atoms with van der Waals surface area (Å²) in [7, 11) is -3.48. The Balaban J connectivity index is 1.53. The number of ketones is 1. The first kappa shape index (κ1) is 38.3. The van der Waals surface area contributed by atoms with Gasteiger partial charge in [0, 0.05) is 12.1 Å². The van der Waals surface area contributed by atoms with Gasteiger partial charge in [0.25, 0.3) is 0 Å². The molecule has 4 rings (SSSR count). The summed E-state index contributed by atoms with van der Waals surface area (Å²) in [6.45, 7) is 21.9. The number of ether oxygens (including phenoxy) is 1. The van der Waals surface area contributed by atoms with Crippen molar-refractivity contribution >= 4 is 21.5 Å². The highest BCUT2D eigenvalue weighted by Crippen LogP contribution is 2.53. The number of carbonyl (C=O) groups excluding carboxylic acids is 1. The van der Waals surface area contributed by atoms with Crippen LogP contribution in [-0.4, -0.2) is 32.6 Å². The van der Waals surface area contributed by atoms with E-state index in [-0.39, 0.29) is 11.4 Å². The summed E-state index contributed by atoms with van der Waals surface area (Å²) in [6, 6.07) is 1.97. The maximum absolute atomic E-state index is 14.4. The molecule has 0 N–H and O–H groups in total. The zero-order chi connectivity index (χ0) is 35.6. The summed E-state index contributed by atoms with van der Waals surface area (Å²) in [5.41, 5.74) is 5.69. The number of carbonyl (C=O) groups is 1. The van der Waals surface area contributed by atoms with Gasteiger partial charge in [-0.05, 0) is 131 Å². The number of anilines is 1. The predicted octanol–water partition coefficient (Wildman–Crippen LogP) is 10.1. The van der Waals surface area contributed by atoms with Crippen molar-refractivity contribution < 1.29 is 17.9 Å². The monoisotopic (exact) mass is 677 g/mol. The van der Waals surface area contributed by atoms with Crippen LogP contribution in [0.1, 0.15) is 155 Å². The molecule has 5 nitrogen and oxygen atoms in total. The van der Waals surface area contributed by atoms with Crippen LogP contribution in [0.4, 0.5) is 5.69 Å². The molecule has 1 aromatic carbocycles. The molecule has 3 aliphatic rings. The Morgan fingerprint density at radius 1 is 0.917 bits per heavy atom. The molecule has 48 heavy (non-hydrogen) atoms. The second-order valence-electron chi connectivity index (χ2n) is 16.3. The van der Waals surface area contributed by atoms with Crippen molar-refractivity contribution in [1.29, 1.82) is 0 Å². The quantitative estimate of drug-likeness (QED) is 0.184. The van der Waals surface area contributed by atoms with E-state index in [2.05, 4.69) is 46.5 Å². The zero-order valence-corrected chi connectivity index (χ0v) is 32.8. The fourth-order valence-electron chi connectivity index (χ4n) is 8.55. The molecule has 4 atom stereocenters. The van der Waals surface area contributed by atoms with E-state index in [0.717, 1.165) is 82.3 Å². The summed E-state index contributed by atoms with van der Waals surface area (Å²) in [5.74, 6) is 9.61. The number of hydrogen-bond acceptors (Lipinski definition) is 4. The van der Waals surface area contributed by atoms with Crippen LogP contribution in [0, 0.1) is 36.5 Å². The smallest absolute Gasteiger partial charge is 0.232 e. The zero-order valence-electron chi connectivity index (χ0n) is 32.0. The molecule has 0 amide bonds. The molecule has 0 fully saturated rings. The Kier molecular flexibility index (Phi) is 12.1. The van der Waals surface area contributed by atoms with Crippen molar-refractivity contribution in [3.63, 3.8) is 0 Å². The third-order valence-electron chi connectivity index (χ3n) is 11.8. The molecule has 0 saturated carbocycles. The minimum absolute atomic E-state index is 0.0661. The summed E-state index contributed by atoms with van der Waals surface area (Å²) in [4.78, 5) is 14.4. The molecule has 0 aromatic heterocycles. The number of nitrogens with zero attached hydrogens (tertiary/aromatic N) is 1. The van der Waals surface area contributed by atoms with Crippen molar-refractivity contribution in [1.82, 2.24) is 0 Å². The van der Waals surface area contributed by atoms with Gasteiger partial charge in [-0.3, -0.25) is 9.10 Å². The van der Waals surface area contributed by atoms with E-state index in [1.54, 1.807) is 6.92 Å². The number of Topliss-reactive ketones (excluding diaryl/α,β-unsaturated/α-hetero) is 1. The number of rotatable bonds is 14. The predicted molar refractivity (Wildman–Crippen MR) is 201 cm³/mol. The first-order valence-corrected chi connectivity index (χ1v) is 20.5. The van der Waals surface area contributed by atoms with Gasteiger partial charge in [0.15, 0.2) is 5.78 Å². The van der Waals surface area contributed by atoms with Gasteiger partial charge in [-0.1, -0.05) is 78.6 Å². The Hall–Kier alpha value is -2.52. The first-order chi connectivity index (χ1) is 22.4. The maximum Gasteiger partial charge on any atom is 0.232 e. The normalized spacial score (nSPS) is 23.9. The summed E-state index contributed by atoms with van der Waals surface area (Å²) >= 11 is 0. The van der Waals surface area contributed by atoms with Crippen LogP contribution >= 0.6 is 0 Å². The molecule has 1 unspecified atom stereocenters. The lowest BCUT2D eigenvalue weighted by Crippen LogP contribution is -2.45. The van der Waals surface area contributed by atoms with Crippen LogP contribution in [0.3, 0.4) is 0 Å². The second kappa shape index (κ2) is 15.2. The van der Waals surface area contributed by atoms with Crippen LogP contribution in [-0.2, 0) is 31.4 Å². The molecule has 0 bridgehead atoms. The van der Waals surface area contributed by atoms with Crippen LogP contribution in [0.25, 0.3) is 0 Å². The number of fused-ring (bicyclic) bond motifs is 1. The Morgan fingerprint density at radius 3 is 2.10 bits per heavy atom. The SMILES string of the molecule is CC#Cc1c(C)c(C2(C)C(=O)C(C)=C(C)C3=C2CC[C@@](C)(CCC[C@H](C)CCC[C@H](C)CCCC(C)C)O3)cc2c1CCN2S(C)(=O)=O. The summed E-state index contributed by atoms with van der Waals surface area (Å²) in [5, 5.41) is 0. The van der Waals surface area contributed by atoms with Crippen LogP contribution in [0.2, 0.25) is 0 Å². The fourth-order valence-corrected chi connectivity index (χ4v) is 9.49. The van der Waals surface area contributed by atoms with Gasteiger partial charge in [-0.15, -0.1) is 5.92 Å². The van der Waals surface area contributed by atoms with E-state index < -0.39 is 15.4 Å². The highest BCUT2D eigenvalue weighted by atomic mass is 32.2. The fraction of sp³-hybridized carbons (Fsp3) is 0.690. The van der Waals surface area contributed by atoms with E-state index in [9.17, 15) is 13.2 Å². The molecule has 266 valence electrons. The summed E-state index contributed by atoms with van der Waals surface area (Å²) in [6.07, 6.45) is 14.8. The second-order valence-corrected chi connectivity index (χ2v) is 18.2. The van der Waals surface area contributed by atoms with Gasteiger partial charge in [-0.25, -0.2) is 8.42 Å². The molecule has 0 spiro atoms. The topological polar surface area (TPSA) is 63.7 Å². The molecular weight excluding hydrogens is 615 g/mol. The van der Waals surface area contributed by atoms with E-state index in [1.807, 2.05) is 33.8 Å². The lowest BCUT2D eigenvalue weighted by Gasteiger charge is -2.46. The molecule has 0 radical (unpaired) electrons. The highest BCUT2D eigenvalue weighted by Gasteiger charge is 2.50. The largest absolute Gasteiger partial charge is 0.487 e. The molecule has 1 aliphatic carbocycles. The molecule has 1 aromatic rings. The van der Waals surface area contributed by atoms with Gasteiger partial charge in [0.05, 0.1) is 17.4 Å². The molecule has 6 heteroatoms. The molecular formula is C42H63NO4S. The highest BCUT2D eigenvalue weighted by molar-refractivity contribution is 7.92. The van der Waals surface area contributed by atoms with E-state index in [0.29, 0.717) is 24.6 Å². The van der Waals surface area contributed by atoms with Gasteiger partial charge in [0.2, 0.25) is 10.0 Å². The third kappa shape index (κ3) is 7.93. The Bertz CT molecular complexity index is 1620. The van der Waals surface area contributed by atoms with Gasteiger partial charge < -0.3 is 4.74 Å². The van der Waals surface area contributed by atoms with Crippen molar-refractivity contribution in [3.05, 3.63) is 50.8 Å². The van der Waals surface area contributed by atoms with Crippen molar-refractivity contribution in [2.45, 2.75) is 157 Å². The van der Waals surface area contributed by atoms with Crippen molar-refractivity contribution in [2.24, 2.45) is 17.8 Å². The maximum atomic E-state index is 14.4. The van der Waals surface area contributed by atoms with E-state index in [4.69, 9.17) is 4.74 Å². The Labute approximate surface area is 293 Å². The summed E-state index contributed by atoms with van der Waals surface area (Å²) < 4.78 is 34.1. The first-order valence-electron chi connectivity index (χ1n) is 18.7. The average molecular weight is 678 g/mol. The van der Waals surface area contributed by atoms with Crippen LogP contribution in [0.5, 0.6) is 0 Å². The van der Waals surface area contributed by atoms with E-state index in [1.165, 1.54) is 55.5 Å². The standard InChI is InChI=1S/C42H63NO4S/c1-12-16-34-33(8)37(27-38-35(34)23-26-43(38)48(11,45)46)42(10)36-22-25-41(9,47-39(36)31(6)32(7)40(42)44)24-15-21-30(5)20-14-19-29(4)18-13-17-28(2)3/h27-30H,13-15,17-26H2,1-11H3/t29-,30-,41-,42?/m1/s1. The Morgan fingerprint density at radius 2 is 1.52 bits per heavy atom. The van der Waals surface area contributed by atoms with Crippen molar-refractivity contribution in [2.75, 3.05) is 17.1 Å². The lowest BCUT2D eigenvalue weighted by molar-refractivity contribution is -0.120. The molecule has 0 saturated heterocycles. The molecule has 2 aliphatic heterocycles. The number of benzene rings is 1. The third-order valence-corrected chi connectivity index (χ3v) is 13.0. The van der Waals surface area contributed by atoms with Crippen molar-refractivity contribution in [3.8, 4) is 11.8 Å². The van der Waals surface area contributed by atoms with Gasteiger partial charge >= 0.3 is 0 Å². The average Bonchev–Trinajstić information content (AvgIpc) is 3.45. The number of allylic oxidation sites excluding steroid dienone is 3. The lowest BCUT2D eigenvalue weighted by atomic mass is 9.62. The number of hydrogen-bond donors (Lipinski definition) is 0. The van der Waals surface area contributed by atoms with Gasteiger partial charge in [0.1, 0.15) is 11.4 Å².